The molecule has 2 aliphatic rings. The summed E-state index contributed by atoms with van der Waals surface area (Å²) >= 11 is 5.92. The minimum Gasteiger partial charge on any atom is -0.494 e. The number of nitrogens with zero attached hydrogens (tertiary/aromatic N) is 2. The standard InChI is InChI=1S/C25H33ClN2O3S.C2HF3O2/c1-2-31-24-6-4-3-5-22(24)19-27-15-11-25(12-16-27)13-17-28(18-14-25)32(29,30)20-21-7-9-23(26)10-8-21;3-2(4,5)1(6)7/h3-10H,2,11-20H2,1H3;(H,6,7). The number of ether oxygens (including phenoxy) is 1. The van der Waals surface area contributed by atoms with E-state index in [2.05, 4.69) is 17.0 Å². The van der Waals surface area contributed by atoms with Gasteiger partial charge in [0.1, 0.15) is 5.75 Å². The number of rotatable bonds is 7. The fourth-order valence-corrected chi connectivity index (χ4v) is 6.64. The molecule has 1 spiro atoms. The van der Waals surface area contributed by atoms with Gasteiger partial charge in [0.2, 0.25) is 10.0 Å². The summed E-state index contributed by atoms with van der Waals surface area (Å²) in [4.78, 5) is 11.4. The van der Waals surface area contributed by atoms with Gasteiger partial charge in [0, 0.05) is 30.2 Å². The number of piperidine rings is 2. The van der Waals surface area contributed by atoms with Crippen molar-refractivity contribution in [2.75, 3.05) is 32.8 Å². The topological polar surface area (TPSA) is 87.2 Å². The van der Waals surface area contributed by atoms with Gasteiger partial charge in [-0.1, -0.05) is 41.9 Å². The van der Waals surface area contributed by atoms with Crippen molar-refractivity contribution in [2.45, 2.75) is 51.1 Å². The maximum absolute atomic E-state index is 12.9. The highest BCUT2D eigenvalue weighted by molar-refractivity contribution is 7.88. The maximum Gasteiger partial charge on any atom is 0.490 e. The smallest absolute Gasteiger partial charge is 0.490 e. The number of para-hydroxylation sites is 1. The molecule has 2 aromatic carbocycles. The van der Waals surface area contributed by atoms with Crippen LogP contribution in [-0.2, 0) is 27.1 Å². The van der Waals surface area contributed by atoms with Gasteiger partial charge >= 0.3 is 12.1 Å². The predicted octanol–water partition coefficient (Wildman–Crippen LogP) is 5.58. The van der Waals surface area contributed by atoms with Gasteiger partial charge in [0.15, 0.2) is 0 Å². The number of benzene rings is 2. The fraction of sp³-hybridized carbons (Fsp3) is 0.519. The first-order valence-corrected chi connectivity index (χ1v) is 14.8. The average Bonchev–Trinajstić information content (AvgIpc) is 2.88. The Morgan fingerprint density at radius 3 is 2.08 bits per heavy atom. The van der Waals surface area contributed by atoms with Crippen LogP contribution in [0.5, 0.6) is 5.75 Å². The maximum atomic E-state index is 12.9. The van der Waals surface area contributed by atoms with Crippen LogP contribution < -0.4 is 4.74 Å². The molecule has 1 N–H and O–H groups in total. The number of sulfonamides is 1. The first-order valence-electron chi connectivity index (χ1n) is 12.8. The van der Waals surface area contributed by atoms with E-state index in [1.54, 1.807) is 28.6 Å². The van der Waals surface area contributed by atoms with Crippen molar-refractivity contribution in [1.29, 1.82) is 0 Å². The van der Waals surface area contributed by atoms with Crippen molar-refractivity contribution in [3.8, 4) is 5.75 Å². The van der Waals surface area contributed by atoms with Gasteiger partial charge in [-0.05, 0) is 74.9 Å². The molecule has 0 bridgehead atoms. The fourth-order valence-electron chi connectivity index (χ4n) is 4.98. The van der Waals surface area contributed by atoms with E-state index in [9.17, 15) is 21.6 Å². The van der Waals surface area contributed by atoms with Crippen LogP contribution in [0.3, 0.4) is 0 Å². The molecular formula is C27H34ClF3N2O5S. The predicted molar refractivity (Wildman–Crippen MR) is 143 cm³/mol. The lowest BCUT2D eigenvalue weighted by Gasteiger charge is -2.46. The first kappa shape index (κ1) is 31.2. The summed E-state index contributed by atoms with van der Waals surface area (Å²) in [6.07, 6.45) is -0.907. The molecule has 0 aliphatic carbocycles. The zero-order chi connectivity index (χ0) is 28.7. The molecule has 12 heteroatoms. The summed E-state index contributed by atoms with van der Waals surface area (Å²) < 4.78 is 65.1. The molecule has 7 nitrogen and oxygen atoms in total. The summed E-state index contributed by atoms with van der Waals surface area (Å²) in [5.74, 6) is -1.73. The van der Waals surface area contributed by atoms with Gasteiger partial charge in [-0.25, -0.2) is 17.5 Å². The van der Waals surface area contributed by atoms with E-state index in [0.717, 1.165) is 56.6 Å². The Morgan fingerprint density at radius 1 is 1.00 bits per heavy atom. The Kier molecular flexibility index (Phi) is 10.7. The summed E-state index contributed by atoms with van der Waals surface area (Å²) in [5, 5.41) is 7.75. The third kappa shape index (κ3) is 9.09. The highest BCUT2D eigenvalue weighted by Crippen LogP contribution is 2.42. The largest absolute Gasteiger partial charge is 0.494 e. The summed E-state index contributed by atoms with van der Waals surface area (Å²) in [6.45, 7) is 6.97. The molecule has 216 valence electrons. The summed E-state index contributed by atoms with van der Waals surface area (Å²) in [7, 11) is -3.30. The van der Waals surface area contributed by atoms with E-state index in [1.807, 2.05) is 19.1 Å². The highest BCUT2D eigenvalue weighted by atomic mass is 35.5. The van der Waals surface area contributed by atoms with Crippen LogP contribution in [0.4, 0.5) is 13.2 Å². The third-order valence-corrected chi connectivity index (χ3v) is 9.37. The molecule has 2 heterocycles. The highest BCUT2D eigenvalue weighted by Gasteiger charge is 2.40. The zero-order valence-corrected chi connectivity index (χ0v) is 23.4. The minimum atomic E-state index is -5.08. The number of alkyl halides is 3. The molecule has 0 radical (unpaired) electrons. The SMILES string of the molecule is CCOc1ccccc1CN1CCC2(CC1)CCN(S(=O)(=O)Cc1ccc(Cl)cc1)CC2.O=C(O)C(F)(F)F. The second-order valence-electron chi connectivity index (χ2n) is 9.90. The number of hydrogen-bond acceptors (Lipinski definition) is 5. The van der Waals surface area contributed by atoms with E-state index in [1.165, 1.54) is 5.56 Å². The Labute approximate surface area is 232 Å². The molecular weight excluding hydrogens is 557 g/mol. The molecule has 4 rings (SSSR count). The van der Waals surface area contributed by atoms with E-state index in [4.69, 9.17) is 26.2 Å². The van der Waals surface area contributed by atoms with Crippen molar-refractivity contribution in [2.24, 2.45) is 5.41 Å². The molecule has 0 aromatic heterocycles. The van der Waals surface area contributed by atoms with E-state index in [-0.39, 0.29) is 11.2 Å². The molecule has 0 amide bonds. The van der Waals surface area contributed by atoms with Crippen LogP contribution in [0.1, 0.15) is 43.7 Å². The van der Waals surface area contributed by atoms with Crippen LogP contribution >= 0.6 is 11.6 Å². The first-order chi connectivity index (χ1) is 18.3. The van der Waals surface area contributed by atoms with Crippen LogP contribution in [0.15, 0.2) is 48.5 Å². The van der Waals surface area contributed by atoms with Gasteiger partial charge in [-0.3, -0.25) is 4.90 Å². The lowest BCUT2D eigenvalue weighted by molar-refractivity contribution is -0.192. The van der Waals surface area contributed by atoms with Gasteiger partial charge in [-0.15, -0.1) is 0 Å². The molecule has 2 fully saturated rings. The summed E-state index contributed by atoms with van der Waals surface area (Å²) in [5.41, 5.74) is 2.31. The van der Waals surface area contributed by atoms with Crippen molar-refractivity contribution in [1.82, 2.24) is 9.21 Å². The van der Waals surface area contributed by atoms with E-state index < -0.39 is 22.2 Å². The number of likely N-dealkylation sites (tertiary alicyclic amines) is 1. The minimum absolute atomic E-state index is 0.0458. The van der Waals surface area contributed by atoms with Crippen LogP contribution in [0.2, 0.25) is 5.02 Å². The van der Waals surface area contributed by atoms with Gasteiger partial charge in [0.25, 0.3) is 0 Å². The molecule has 2 aromatic rings. The molecule has 0 atom stereocenters. The summed E-state index contributed by atoms with van der Waals surface area (Å²) in [6, 6.07) is 15.4. The Bertz CT molecular complexity index is 1190. The average molecular weight is 591 g/mol. The van der Waals surface area contributed by atoms with E-state index in [0.29, 0.717) is 24.7 Å². The van der Waals surface area contributed by atoms with Crippen LogP contribution in [0, 0.1) is 5.41 Å². The molecule has 2 saturated heterocycles. The number of carbonyl (C=O) groups is 1. The molecule has 0 saturated carbocycles. The lowest BCUT2D eigenvalue weighted by atomic mass is 9.71. The second kappa shape index (κ2) is 13.3. The number of carboxylic acid groups (broad SMARTS) is 1. The number of hydrogen-bond donors (Lipinski definition) is 1. The zero-order valence-electron chi connectivity index (χ0n) is 21.8. The Balaban J connectivity index is 0.000000532. The molecule has 0 unspecified atom stereocenters. The van der Waals surface area contributed by atoms with Gasteiger partial charge in [0.05, 0.1) is 12.4 Å². The Hall–Kier alpha value is -2.34. The monoisotopic (exact) mass is 590 g/mol. The van der Waals surface area contributed by atoms with Crippen molar-refractivity contribution in [3.63, 3.8) is 0 Å². The molecule has 2 aliphatic heterocycles. The van der Waals surface area contributed by atoms with Crippen molar-refractivity contribution >= 4 is 27.6 Å². The number of halogens is 4. The lowest BCUT2D eigenvalue weighted by Crippen LogP contribution is -2.48. The third-order valence-electron chi connectivity index (χ3n) is 7.26. The molecule has 39 heavy (non-hydrogen) atoms. The number of carboxylic acids is 1. The van der Waals surface area contributed by atoms with Crippen LogP contribution in [0.25, 0.3) is 0 Å². The van der Waals surface area contributed by atoms with Gasteiger partial charge in [-0.2, -0.15) is 13.2 Å². The van der Waals surface area contributed by atoms with Gasteiger partial charge < -0.3 is 9.84 Å². The van der Waals surface area contributed by atoms with E-state index >= 15 is 0 Å². The van der Waals surface area contributed by atoms with Crippen molar-refractivity contribution < 1.29 is 36.2 Å². The normalized spacial score (nSPS) is 18.3. The second-order valence-corrected chi connectivity index (χ2v) is 12.3. The van der Waals surface area contributed by atoms with Crippen molar-refractivity contribution in [3.05, 3.63) is 64.7 Å². The number of aliphatic carboxylic acids is 1. The quantitative estimate of drug-likeness (QED) is 0.453. The van der Waals surface area contributed by atoms with Crippen LogP contribution in [-0.4, -0.2) is 67.7 Å². The Morgan fingerprint density at radius 2 is 1.54 bits per heavy atom.